The van der Waals surface area contributed by atoms with E-state index in [4.69, 9.17) is 4.74 Å². The van der Waals surface area contributed by atoms with Crippen LogP contribution in [0.25, 0.3) is 0 Å². The maximum Gasteiger partial charge on any atom is 0.0716 e. The van der Waals surface area contributed by atoms with Gasteiger partial charge in [0.2, 0.25) is 0 Å². The van der Waals surface area contributed by atoms with Gasteiger partial charge in [0, 0.05) is 42.1 Å². The predicted molar refractivity (Wildman–Crippen MR) is 80.4 cm³/mol. The standard InChI is InChI=1S/C14H20INO2/c15-16-13-8-14(9-13,11-17)6-7-18-10-12-4-2-1-3-5-12/h1-5,13,16-17H,6-11H2. The Morgan fingerprint density at radius 2 is 2.06 bits per heavy atom. The summed E-state index contributed by atoms with van der Waals surface area (Å²) in [6.45, 7) is 1.66. The van der Waals surface area contributed by atoms with Gasteiger partial charge in [0.1, 0.15) is 0 Å². The van der Waals surface area contributed by atoms with Gasteiger partial charge in [0.15, 0.2) is 0 Å². The molecule has 1 aliphatic carbocycles. The molecular formula is C14H20INO2. The van der Waals surface area contributed by atoms with Gasteiger partial charge in [0.25, 0.3) is 0 Å². The molecule has 18 heavy (non-hydrogen) atoms. The van der Waals surface area contributed by atoms with E-state index < -0.39 is 0 Å². The van der Waals surface area contributed by atoms with E-state index in [-0.39, 0.29) is 12.0 Å². The predicted octanol–water partition coefficient (Wildman–Crippen LogP) is 2.67. The number of aliphatic hydroxyl groups excluding tert-OH is 1. The van der Waals surface area contributed by atoms with Crippen molar-refractivity contribution in [3.8, 4) is 0 Å². The van der Waals surface area contributed by atoms with Crippen molar-refractivity contribution >= 4 is 22.9 Å². The van der Waals surface area contributed by atoms with Gasteiger partial charge in [-0.1, -0.05) is 30.3 Å². The molecule has 3 nitrogen and oxygen atoms in total. The van der Waals surface area contributed by atoms with Crippen LogP contribution in [0.1, 0.15) is 24.8 Å². The highest BCUT2D eigenvalue weighted by Gasteiger charge is 2.42. The molecule has 0 heterocycles. The highest BCUT2D eigenvalue weighted by molar-refractivity contribution is 14.1. The first kappa shape index (κ1) is 14.2. The third-order valence-corrected chi connectivity index (χ3v) is 4.62. The first-order valence-electron chi connectivity index (χ1n) is 6.37. The first-order valence-corrected chi connectivity index (χ1v) is 7.44. The van der Waals surface area contributed by atoms with Crippen molar-refractivity contribution in [2.75, 3.05) is 13.2 Å². The van der Waals surface area contributed by atoms with Gasteiger partial charge in [-0.3, -0.25) is 3.53 Å². The zero-order chi connectivity index (χ0) is 12.8. The molecule has 0 bridgehead atoms. The van der Waals surface area contributed by atoms with Crippen molar-refractivity contribution in [3.05, 3.63) is 35.9 Å². The summed E-state index contributed by atoms with van der Waals surface area (Å²) in [5, 5.41) is 9.48. The molecule has 0 amide bonds. The van der Waals surface area contributed by atoms with Gasteiger partial charge in [-0.15, -0.1) is 0 Å². The Kier molecular flexibility index (Phi) is 5.41. The van der Waals surface area contributed by atoms with E-state index in [1.807, 2.05) is 18.2 Å². The molecule has 0 radical (unpaired) electrons. The van der Waals surface area contributed by atoms with Crippen LogP contribution in [0.15, 0.2) is 30.3 Å². The lowest BCUT2D eigenvalue weighted by Gasteiger charge is -2.46. The van der Waals surface area contributed by atoms with E-state index in [0.717, 1.165) is 25.9 Å². The van der Waals surface area contributed by atoms with E-state index in [2.05, 4.69) is 38.5 Å². The Balaban J connectivity index is 1.66. The van der Waals surface area contributed by atoms with Gasteiger partial charge in [0.05, 0.1) is 6.61 Å². The molecule has 4 heteroatoms. The summed E-state index contributed by atoms with van der Waals surface area (Å²) in [4.78, 5) is 0. The van der Waals surface area contributed by atoms with Crippen LogP contribution in [-0.4, -0.2) is 24.4 Å². The number of rotatable bonds is 7. The molecule has 0 saturated heterocycles. The minimum atomic E-state index is 0.0968. The maximum absolute atomic E-state index is 9.48. The summed E-state index contributed by atoms with van der Waals surface area (Å²) in [7, 11) is 0. The summed E-state index contributed by atoms with van der Waals surface area (Å²) < 4.78 is 8.91. The Bertz CT molecular complexity index is 352. The summed E-state index contributed by atoms with van der Waals surface area (Å²) >= 11 is 2.19. The topological polar surface area (TPSA) is 41.5 Å². The second-order valence-corrected chi connectivity index (χ2v) is 5.78. The smallest absolute Gasteiger partial charge is 0.0716 e. The Morgan fingerprint density at radius 1 is 1.33 bits per heavy atom. The third kappa shape index (κ3) is 3.66. The molecule has 2 rings (SSSR count). The molecule has 0 atom stereocenters. The number of halogens is 1. The largest absolute Gasteiger partial charge is 0.396 e. The zero-order valence-corrected chi connectivity index (χ0v) is 12.6. The monoisotopic (exact) mass is 361 g/mol. The SMILES string of the molecule is OCC1(CCOCc2ccccc2)CC(NI)C1. The normalized spacial score (nSPS) is 26.9. The second kappa shape index (κ2) is 6.84. The number of hydrogen-bond donors (Lipinski definition) is 2. The van der Waals surface area contributed by atoms with Crippen molar-refractivity contribution in [3.63, 3.8) is 0 Å². The van der Waals surface area contributed by atoms with Crippen LogP contribution >= 0.6 is 22.9 Å². The quantitative estimate of drug-likeness (QED) is 0.446. The van der Waals surface area contributed by atoms with Gasteiger partial charge in [-0.25, -0.2) is 0 Å². The van der Waals surface area contributed by atoms with E-state index in [9.17, 15) is 5.11 Å². The second-order valence-electron chi connectivity index (χ2n) is 5.16. The number of benzene rings is 1. The van der Waals surface area contributed by atoms with Crippen molar-refractivity contribution in [1.29, 1.82) is 0 Å². The number of aliphatic hydroxyl groups is 1. The maximum atomic E-state index is 9.48. The van der Waals surface area contributed by atoms with E-state index in [1.165, 1.54) is 5.56 Å². The molecule has 1 aromatic rings. The van der Waals surface area contributed by atoms with Gasteiger partial charge in [-0.05, 0) is 30.2 Å². The Hall–Kier alpha value is -0.170. The van der Waals surface area contributed by atoms with E-state index in [0.29, 0.717) is 12.6 Å². The zero-order valence-electron chi connectivity index (χ0n) is 10.4. The van der Waals surface area contributed by atoms with Crippen LogP contribution in [0.4, 0.5) is 0 Å². The molecule has 1 fully saturated rings. The summed E-state index contributed by atoms with van der Waals surface area (Å²) in [5.74, 6) is 0. The fourth-order valence-electron chi connectivity index (χ4n) is 2.53. The highest BCUT2D eigenvalue weighted by atomic mass is 127. The lowest BCUT2D eigenvalue weighted by Crippen LogP contribution is -2.48. The molecule has 2 N–H and O–H groups in total. The van der Waals surface area contributed by atoms with E-state index in [1.54, 1.807) is 0 Å². The van der Waals surface area contributed by atoms with Crippen molar-refractivity contribution in [2.24, 2.45) is 5.41 Å². The number of ether oxygens (including phenoxy) is 1. The van der Waals surface area contributed by atoms with Crippen LogP contribution in [-0.2, 0) is 11.3 Å². The van der Waals surface area contributed by atoms with Crippen LogP contribution in [0.5, 0.6) is 0 Å². The molecule has 1 aliphatic rings. The molecular weight excluding hydrogens is 341 g/mol. The van der Waals surface area contributed by atoms with Crippen LogP contribution in [0.3, 0.4) is 0 Å². The molecule has 0 spiro atoms. The number of nitrogens with one attached hydrogen (secondary N) is 1. The molecule has 1 aromatic carbocycles. The Labute approximate surface area is 122 Å². The molecule has 1 saturated carbocycles. The lowest BCUT2D eigenvalue weighted by atomic mass is 9.64. The third-order valence-electron chi connectivity index (χ3n) is 3.74. The fourth-order valence-corrected chi connectivity index (χ4v) is 2.97. The first-order chi connectivity index (χ1) is 8.78. The van der Waals surface area contributed by atoms with Crippen LogP contribution in [0, 0.1) is 5.41 Å². The van der Waals surface area contributed by atoms with Crippen molar-refractivity contribution in [2.45, 2.75) is 31.9 Å². The minimum Gasteiger partial charge on any atom is -0.396 e. The summed E-state index contributed by atoms with van der Waals surface area (Å²) in [5.41, 5.74) is 1.30. The summed E-state index contributed by atoms with van der Waals surface area (Å²) in [6.07, 6.45) is 3.06. The van der Waals surface area contributed by atoms with Crippen molar-refractivity contribution in [1.82, 2.24) is 3.53 Å². The van der Waals surface area contributed by atoms with Crippen LogP contribution in [0.2, 0.25) is 0 Å². The average molecular weight is 361 g/mol. The van der Waals surface area contributed by atoms with Gasteiger partial charge < -0.3 is 9.84 Å². The molecule has 100 valence electrons. The average Bonchev–Trinajstić information content (AvgIpc) is 2.38. The molecule has 0 aromatic heterocycles. The van der Waals surface area contributed by atoms with E-state index >= 15 is 0 Å². The molecule has 0 unspecified atom stereocenters. The Morgan fingerprint density at radius 3 is 2.67 bits per heavy atom. The lowest BCUT2D eigenvalue weighted by molar-refractivity contribution is -0.0136. The number of hydrogen-bond acceptors (Lipinski definition) is 3. The van der Waals surface area contributed by atoms with Crippen LogP contribution < -0.4 is 3.53 Å². The summed E-state index contributed by atoms with van der Waals surface area (Å²) in [6, 6.07) is 10.8. The highest BCUT2D eigenvalue weighted by Crippen LogP contribution is 2.44. The minimum absolute atomic E-state index is 0.0968. The molecule has 0 aliphatic heterocycles. The van der Waals surface area contributed by atoms with Gasteiger partial charge in [-0.2, -0.15) is 0 Å². The fraction of sp³-hybridized carbons (Fsp3) is 0.571. The van der Waals surface area contributed by atoms with Crippen molar-refractivity contribution < 1.29 is 9.84 Å². The van der Waals surface area contributed by atoms with Gasteiger partial charge >= 0.3 is 0 Å².